The van der Waals surface area contributed by atoms with Gasteiger partial charge in [0.25, 0.3) is 0 Å². The number of carbonyl (C=O) groups is 2. The van der Waals surface area contributed by atoms with Crippen LogP contribution in [-0.2, 0) is 92.6 Å². The van der Waals surface area contributed by atoms with E-state index in [1.165, 1.54) is 39.1 Å². The maximum absolute atomic E-state index is 12.7. The number of benzene rings is 4. The predicted octanol–water partition coefficient (Wildman–Crippen LogP) is 13.8. The number of aryl methyl sites for hydroxylation is 5. The molecular weight excluding hydrogens is 1740 g/mol. The van der Waals surface area contributed by atoms with Gasteiger partial charge in [0, 0.05) is 196 Å². The van der Waals surface area contributed by atoms with Gasteiger partial charge in [-0.1, -0.05) is 55.5 Å². The first-order valence-electron chi connectivity index (χ1n) is 47.0. The van der Waals surface area contributed by atoms with Crippen molar-refractivity contribution in [2.24, 2.45) is 0 Å². The average molecular weight is 1870 g/mol. The van der Waals surface area contributed by atoms with Crippen LogP contribution >= 0.6 is 11.3 Å². The summed E-state index contributed by atoms with van der Waals surface area (Å²) in [6.45, 7) is 17.2. The maximum atomic E-state index is 12.7. The Hall–Kier alpha value is -9.13. The van der Waals surface area contributed by atoms with Crippen molar-refractivity contribution in [3.63, 3.8) is 0 Å². The van der Waals surface area contributed by atoms with Crippen molar-refractivity contribution in [2.75, 3.05) is 183 Å². The largest absolute Gasteiger partial charge is 0.497 e. The van der Waals surface area contributed by atoms with E-state index in [4.69, 9.17) is 73.3 Å². The first-order valence-corrected chi connectivity index (χ1v) is 53.0. The first kappa shape index (κ1) is 91.4. The van der Waals surface area contributed by atoms with E-state index in [0.717, 1.165) is 340 Å². The van der Waals surface area contributed by atoms with Gasteiger partial charge in [-0.15, -0.1) is 11.3 Å². The monoisotopic (exact) mass is 1860 g/mol. The Morgan fingerprint density at radius 3 is 1.09 bits per heavy atom. The van der Waals surface area contributed by atoms with Crippen molar-refractivity contribution in [3.05, 3.63) is 152 Å². The summed E-state index contributed by atoms with van der Waals surface area (Å²) in [6.07, 6.45) is 19.3. The zero-order valence-electron chi connectivity index (χ0n) is 75.0. The van der Waals surface area contributed by atoms with E-state index in [-0.39, 0.29) is 11.8 Å². The van der Waals surface area contributed by atoms with Crippen LogP contribution in [0.25, 0.3) is 10.2 Å². The van der Waals surface area contributed by atoms with Gasteiger partial charge in [0.15, 0.2) is 5.78 Å². The number of ketones is 1. The molecule has 0 radical (unpaired) electrons. The summed E-state index contributed by atoms with van der Waals surface area (Å²) in [5.41, 5.74) is 11.4. The number of nitrogens with zero attached hydrogens (tertiary/aromatic N) is 13. The van der Waals surface area contributed by atoms with Crippen LogP contribution in [0.3, 0.4) is 0 Å². The van der Waals surface area contributed by atoms with Crippen molar-refractivity contribution < 1.29 is 54.8 Å². The van der Waals surface area contributed by atoms with Gasteiger partial charge in [-0.25, -0.2) is 29.7 Å². The Bertz CT molecular complexity index is 5570. The molecule has 0 aliphatic carbocycles. The first-order chi connectivity index (χ1) is 63.6. The van der Waals surface area contributed by atoms with Gasteiger partial charge >= 0.3 is 5.97 Å². The Morgan fingerprint density at radius 2 is 0.746 bits per heavy atom. The van der Waals surface area contributed by atoms with Gasteiger partial charge in [-0.05, 0) is 192 Å². The summed E-state index contributed by atoms with van der Waals surface area (Å²) in [6, 6.07) is 32.1. The van der Waals surface area contributed by atoms with Gasteiger partial charge in [-0.3, -0.25) is 21.6 Å². The molecule has 4 N–H and O–H groups in total. The number of hydrogen-bond acceptors (Lipinski definition) is 30. The molecule has 34 heteroatoms. The lowest BCUT2D eigenvalue weighted by atomic mass is 9.88. The topological polar surface area (TPSA) is 335 Å². The fourth-order valence-electron chi connectivity index (χ4n) is 19.7. The maximum Gasteiger partial charge on any atom is 0.337 e. The normalized spacial score (nSPS) is 21.9. The number of piperidine rings is 4. The molecule has 8 saturated heterocycles. The van der Waals surface area contributed by atoms with Crippen molar-refractivity contribution in [1.29, 1.82) is 0 Å². The van der Waals surface area contributed by atoms with E-state index in [1.54, 1.807) is 7.11 Å². The Balaban J connectivity index is 0.000000117. The third kappa shape index (κ3) is 21.7. The van der Waals surface area contributed by atoms with Crippen LogP contribution < -0.4 is 45.6 Å². The summed E-state index contributed by atoms with van der Waals surface area (Å²) in [5.74, 6) is 11.3. The van der Waals surface area contributed by atoms with E-state index >= 15 is 0 Å². The number of nitrogens with one attached hydrogen (secondary N) is 4. The number of methoxy groups -OCH3 is 2. The Morgan fingerprint density at radius 1 is 0.400 bits per heavy atom. The minimum Gasteiger partial charge on any atom is -0.497 e. The molecule has 130 heavy (non-hydrogen) atoms. The predicted molar refractivity (Wildman–Crippen MR) is 511 cm³/mol. The van der Waals surface area contributed by atoms with E-state index < -0.39 is 43.2 Å². The summed E-state index contributed by atoms with van der Waals surface area (Å²) in [7, 11) is -0.985. The van der Waals surface area contributed by atoms with Crippen LogP contribution in [0.5, 0.6) is 5.75 Å². The van der Waals surface area contributed by atoms with E-state index in [1.807, 2.05) is 66.8 Å². The van der Waals surface area contributed by atoms with Crippen LogP contribution in [0.15, 0.2) is 111 Å². The fraction of sp³-hybridized carbons (Fsp3) is 0.552. The number of anilines is 8. The van der Waals surface area contributed by atoms with Crippen molar-refractivity contribution in [3.8, 4) is 5.75 Å². The molecule has 692 valence electrons. The average Bonchev–Trinajstić information content (AvgIpc) is 1.59. The van der Waals surface area contributed by atoms with Gasteiger partial charge in [0.2, 0.25) is 23.8 Å². The van der Waals surface area contributed by atoms with Gasteiger partial charge < -0.3 is 69.3 Å². The second-order valence-electron chi connectivity index (χ2n) is 35.8. The summed E-state index contributed by atoms with van der Waals surface area (Å²) in [4.78, 5) is 80.0. The number of esters is 1. The lowest BCUT2D eigenvalue weighted by Gasteiger charge is -2.33. The minimum absolute atomic E-state index is 0.197. The highest BCUT2D eigenvalue weighted by Gasteiger charge is 2.38. The quantitative estimate of drug-likeness (QED) is 0.0407. The number of fused-ring (bicyclic) bond motifs is 5. The zero-order valence-corrected chi connectivity index (χ0v) is 79.1. The van der Waals surface area contributed by atoms with Crippen LogP contribution in [0.2, 0.25) is 0 Å². The van der Waals surface area contributed by atoms with Crippen molar-refractivity contribution >= 4 is 124 Å². The summed E-state index contributed by atoms with van der Waals surface area (Å²) in [5, 5.41) is 15.5. The highest BCUT2D eigenvalue weighted by molar-refractivity contribution is 7.86. The van der Waals surface area contributed by atoms with Gasteiger partial charge in [0.1, 0.15) is 48.6 Å². The van der Waals surface area contributed by atoms with Crippen LogP contribution in [0.4, 0.5) is 47.1 Å². The number of aromatic nitrogens is 9. The van der Waals surface area contributed by atoms with E-state index in [0.29, 0.717) is 82.8 Å². The molecule has 5 aromatic heterocycles. The van der Waals surface area contributed by atoms with E-state index in [2.05, 4.69) is 90.3 Å². The Labute approximate surface area is 775 Å². The molecule has 8 fully saturated rings. The molecule has 12 aliphatic heterocycles. The van der Waals surface area contributed by atoms with Crippen molar-refractivity contribution in [2.45, 2.75) is 216 Å². The SMILES string of the molecule is CCC(=O)c1cccc(C2CCN(c3nc4c(c(NC5CCOCC5)n3)S(=O)CC4)CC2)c1.COC(=O)c1ccc(C2CCN(c3nc4c(c(NC5CCOCC5)n3)S(=O)CC4)CC2)cc1.COc1ccc(C2CCN(c3nc4c(c(NC5CCOCC5)n3)S(=O)CC4)CC2)cc1.Cc1ccc2sc(C3CCN(c4nc5c(c(NC6CCOCC6)n4)S(=O)CC5)CC3)nc2c1. The molecule has 12 aliphatic rings. The van der Waals surface area contributed by atoms with Crippen LogP contribution in [0, 0.1) is 6.92 Å². The molecule has 0 amide bonds. The number of hydrogen-bond donors (Lipinski definition) is 4. The molecule has 0 saturated carbocycles. The number of carbonyl (C=O) groups excluding carboxylic acids is 2. The molecule has 0 spiro atoms. The second-order valence-corrected chi connectivity index (χ2v) is 42.9. The highest BCUT2D eigenvalue weighted by Crippen LogP contribution is 2.42. The van der Waals surface area contributed by atoms with E-state index in [9.17, 15) is 26.4 Å². The molecule has 21 rings (SSSR count). The lowest BCUT2D eigenvalue weighted by Crippen LogP contribution is -2.35. The number of ether oxygens (including phenoxy) is 6. The molecule has 9 aromatic rings. The lowest BCUT2D eigenvalue weighted by molar-refractivity contribution is 0.0600. The molecule has 4 atom stereocenters. The second kappa shape index (κ2) is 42.8. The van der Waals surface area contributed by atoms with Crippen molar-refractivity contribution in [1.82, 2.24) is 44.9 Å². The molecular formula is C96H121N17O12S5. The smallest absolute Gasteiger partial charge is 0.337 e. The number of rotatable bonds is 20. The molecule has 4 aromatic carbocycles. The summed E-state index contributed by atoms with van der Waals surface area (Å²) >= 11 is 1.83. The van der Waals surface area contributed by atoms with Crippen LogP contribution in [0.1, 0.15) is 211 Å². The van der Waals surface area contributed by atoms with Gasteiger partial charge in [-0.2, -0.15) is 19.9 Å². The standard InChI is InChI=1S/C25H32N4O3S.C24H29N5O2S2.C24H30N4O4S.C23H30N4O3S/c1-2-22(30)19-5-3-4-18(16-19)17-6-11-29(12-7-17)25-27-21-10-15-33(31)23(21)24(28-25)26-20-8-13-32-14-9-20;1-15-2-3-20-19(14-15)26-23(32-20)16-4-9-29(10-5-16)24-27-18-8-13-33(30)21(18)22(28-24)25-17-6-11-31-12-7-17;1-31-23(29)18-4-2-16(3-5-18)17-6-11-28(12-7-17)24-26-20-10-15-33(30)21(20)22(27-24)25-19-8-13-32-14-9-19;1-29-19-4-2-16(3-5-19)17-6-11-27(12-7-17)23-25-20-10-15-31(28)21(20)22(26-23)24-18-8-13-30-14-9-18/h3-5,16-17,20H,2,6-15H2,1H3,(H,26,27,28);2-3,14,16-17H,4-13H2,1H3,(H,25,27,28);2-5,17,19H,6-15H2,1H3,(H,25,26,27);2-5,17-18H,6-15H2,1H3,(H,24,25,26). The molecule has 0 bridgehead atoms. The Kier molecular flexibility index (Phi) is 30.1. The summed E-state index contributed by atoms with van der Waals surface area (Å²) < 4.78 is 83.8. The number of thiazole rings is 1. The fourth-order valence-corrected chi connectivity index (χ4v) is 26.1. The molecule has 4 unspecified atom stereocenters. The minimum atomic E-state index is -1.03. The zero-order chi connectivity index (χ0) is 89.1. The third-order valence-electron chi connectivity index (χ3n) is 27.4. The molecule has 17 heterocycles. The highest BCUT2D eigenvalue weighted by atomic mass is 32.2. The van der Waals surface area contributed by atoms with Crippen LogP contribution in [-0.4, -0.2) is 240 Å². The number of Topliss-reactive ketones (excluding diaryl/α,β-unsaturated/α-hetero) is 1. The molecule has 29 nitrogen and oxygen atoms in total. The third-order valence-corrected chi connectivity index (χ3v) is 34.4. The van der Waals surface area contributed by atoms with Gasteiger partial charge in [0.05, 0.1) is 101 Å².